The van der Waals surface area contributed by atoms with Crippen LogP contribution in [0, 0.1) is 12.7 Å². The Morgan fingerprint density at radius 1 is 1.17 bits per heavy atom. The van der Waals surface area contributed by atoms with Crippen molar-refractivity contribution in [1.29, 1.82) is 0 Å². The van der Waals surface area contributed by atoms with E-state index in [1.807, 2.05) is 12.1 Å². The van der Waals surface area contributed by atoms with Crippen LogP contribution in [-0.2, 0) is 13.1 Å². The Bertz CT molecular complexity index is 662. The van der Waals surface area contributed by atoms with Crippen molar-refractivity contribution in [3.63, 3.8) is 0 Å². The number of nitrogens with one attached hydrogen (secondary N) is 2. The molecule has 0 radical (unpaired) electrons. The van der Waals surface area contributed by atoms with Gasteiger partial charge in [-0.05, 0) is 35.7 Å². The molecule has 124 valence electrons. The topological polar surface area (TPSA) is 49.3 Å². The third-order valence-corrected chi connectivity index (χ3v) is 3.39. The molecule has 0 spiro atoms. The third kappa shape index (κ3) is 6.31. The van der Waals surface area contributed by atoms with E-state index < -0.39 is 0 Å². The zero-order valence-electron chi connectivity index (χ0n) is 12.9. The monoisotopic (exact) mass is 448 g/mol. The average Bonchev–Trinajstić information content (AvgIpc) is 2.52. The number of nitrogens with zero attached hydrogens (tertiary/aromatic N) is 2. The molecule has 0 fully saturated rings. The molecule has 0 aliphatic rings. The van der Waals surface area contributed by atoms with Gasteiger partial charge in [0.1, 0.15) is 11.0 Å². The van der Waals surface area contributed by atoms with Crippen molar-refractivity contribution in [2.45, 2.75) is 20.0 Å². The smallest absolute Gasteiger partial charge is 0.191 e. The number of pyridine rings is 1. The van der Waals surface area contributed by atoms with Crippen LogP contribution in [0.5, 0.6) is 0 Å². The second kappa shape index (κ2) is 9.67. The van der Waals surface area contributed by atoms with Crippen LogP contribution in [0.15, 0.2) is 41.5 Å². The summed E-state index contributed by atoms with van der Waals surface area (Å²) in [5.41, 5.74) is 2.49. The maximum atomic E-state index is 13.5. The molecule has 1 heterocycles. The van der Waals surface area contributed by atoms with Gasteiger partial charge in [-0.3, -0.25) is 4.99 Å². The van der Waals surface area contributed by atoms with E-state index in [2.05, 4.69) is 20.6 Å². The van der Waals surface area contributed by atoms with Crippen LogP contribution in [0.3, 0.4) is 0 Å². The minimum absolute atomic E-state index is 0. The molecule has 0 amide bonds. The van der Waals surface area contributed by atoms with Gasteiger partial charge in [0, 0.05) is 26.3 Å². The van der Waals surface area contributed by atoms with Crippen LogP contribution in [0.25, 0.3) is 0 Å². The molecule has 0 saturated carbocycles. The highest BCUT2D eigenvalue weighted by Gasteiger charge is 2.02. The summed E-state index contributed by atoms with van der Waals surface area (Å²) in [5.74, 6) is 0.436. The Kier molecular flexibility index (Phi) is 8.25. The van der Waals surface area contributed by atoms with Crippen molar-refractivity contribution in [2.75, 3.05) is 7.05 Å². The SMILES string of the molecule is CN=C(NCc1ccc(Cl)nc1)NCc1ccc(C)c(F)c1.I. The van der Waals surface area contributed by atoms with E-state index >= 15 is 0 Å². The second-order valence-corrected chi connectivity index (χ2v) is 5.24. The predicted octanol–water partition coefficient (Wildman–Crippen LogP) is 3.67. The van der Waals surface area contributed by atoms with Gasteiger partial charge in [-0.15, -0.1) is 24.0 Å². The summed E-state index contributed by atoms with van der Waals surface area (Å²) in [5, 5.41) is 6.77. The molecule has 0 aliphatic carbocycles. The first-order chi connectivity index (χ1) is 10.6. The Morgan fingerprint density at radius 3 is 2.39 bits per heavy atom. The zero-order valence-corrected chi connectivity index (χ0v) is 16.0. The minimum atomic E-state index is -0.200. The highest BCUT2D eigenvalue weighted by molar-refractivity contribution is 14.0. The molecular weight excluding hydrogens is 430 g/mol. The molecule has 4 nitrogen and oxygen atoms in total. The number of benzene rings is 1. The fraction of sp³-hybridized carbons (Fsp3) is 0.250. The van der Waals surface area contributed by atoms with Gasteiger partial charge in [-0.25, -0.2) is 9.37 Å². The number of aromatic nitrogens is 1. The van der Waals surface area contributed by atoms with Crippen molar-refractivity contribution in [2.24, 2.45) is 4.99 Å². The molecule has 2 N–H and O–H groups in total. The maximum absolute atomic E-state index is 13.5. The Balaban J connectivity index is 0.00000264. The summed E-state index contributed by atoms with van der Waals surface area (Å²) in [7, 11) is 1.69. The van der Waals surface area contributed by atoms with E-state index in [9.17, 15) is 4.39 Å². The van der Waals surface area contributed by atoms with Crippen LogP contribution in [-0.4, -0.2) is 18.0 Å². The van der Waals surface area contributed by atoms with Gasteiger partial charge in [-0.2, -0.15) is 0 Å². The van der Waals surface area contributed by atoms with Gasteiger partial charge >= 0.3 is 0 Å². The highest BCUT2D eigenvalue weighted by Crippen LogP contribution is 2.09. The zero-order chi connectivity index (χ0) is 15.9. The van der Waals surface area contributed by atoms with Crippen molar-refractivity contribution in [3.8, 4) is 0 Å². The molecule has 2 aromatic rings. The van der Waals surface area contributed by atoms with E-state index in [4.69, 9.17) is 11.6 Å². The summed E-state index contributed by atoms with van der Waals surface area (Å²) in [4.78, 5) is 8.15. The lowest BCUT2D eigenvalue weighted by atomic mass is 10.1. The fourth-order valence-corrected chi connectivity index (χ4v) is 1.96. The van der Waals surface area contributed by atoms with Gasteiger partial charge in [0.05, 0.1) is 0 Å². The number of aliphatic imine (C=N–C) groups is 1. The number of hydrogen-bond acceptors (Lipinski definition) is 2. The molecular formula is C16H19ClFIN4. The first kappa shape index (κ1) is 19.6. The van der Waals surface area contributed by atoms with Gasteiger partial charge in [0.25, 0.3) is 0 Å². The molecule has 0 atom stereocenters. The van der Waals surface area contributed by atoms with Crippen LogP contribution in [0.4, 0.5) is 4.39 Å². The molecule has 1 aromatic heterocycles. The predicted molar refractivity (Wildman–Crippen MR) is 103 cm³/mol. The van der Waals surface area contributed by atoms with E-state index in [1.165, 1.54) is 6.07 Å². The molecule has 2 rings (SSSR count). The number of aryl methyl sites for hydroxylation is 1. The van der Waals surface area contributed by atoms with E-state index in [1.54, 1.807) is 32.3 Å². The van der Waals surface area contributed by atoms with Crippen molar-refractivity contribution in [1.82, 2.24) is 15.6 Å². The average molecular weight is 449 g/mol. The summed E-state index contributed by atoms with van der Waals surface area (Å²) in [6, 6.07) is 8.82. The molecule has 0 bridgehead atoms. The van der Waals surface area contributed by atoms with Crippen LogP contribution >= 0.6 is 35.6 Å². The normalized spacial score (nSPS) is 10.9. The lowest BCUT2D eigenvalue weighted by Gasteiger charge is -2.12. The van der Waals surface area contributed by atoms with Crippen molar-refractivity contribution >= 4 is 41.5 Å². The van der Waals surface area contributed by atoms with Crippen LogP contribution < -0.4 is 10.6 Å². The second-order valence-electron chi connectivity index (χ2n) is 4.85. The number of hydrogen-bond donors (Lipinski definition) is 2. The van der Waals surface area contributed by atoms with E-state index in [0.29, 0.717) is 29.8 Å². The largest absolute Gasteiger partial charge is 0.352 e. The minimum Gasteiger partial charge on any atom is -0.352 e. The standard InChI is InChI=1S/C16H18ClFN4.HI/c1-11-3-4-12(7-14(11)18)8-21-16(19-2)22-10-13-5-6-15(17)20-9-13;/h3-7,9H,8,10H2,1-2H3,(H2,19,21,22);1H. The lowest BCUT2D eigenvalue weighted by Crippen LogP contribution is -2.36. The van der Waals surface area contributed by atoms with E-state index in [0.717, 1.165) is 11.1 Å². The maximum Gasteiger partial charge on any atom is 0.191 e. The van der Waals surface area contributed by atoms with Gasteiger partial charge in [-0.1, -0.05) is 29.8 Å². The summed E-state index contributed by atoms with van der Waals surface area (Å²) in [6.07, 6.45) is 1.71. The summed E-state index contributed by atoms with van der Waals surface area (Å²) < 4.78 is 13.5. The number of guanidine groups is 1. The third-order valence-electron chi connectivity index (χ3n) is 3.17. The highest BCUT2D eigenvalue weighted by atomic mass is 127. The quantitative estimate of drug-likeness (QED) is 0.325. The molecule has 1 aromatic carbocycles. The fourth-order valence-electron chi connectivity index (χ4n) is 1.85. The van der Waals surface area contributed by atoms with Gasteiger partial charge in [0.2, 0.25) is 0 Å². The summed E-state index contributed by atoms with van der Waals surface area (Å²) >= 11 is 5.74. The molecule has 7 heteroatoms. The van der Waals surface area contributed by atoms with Crippen LogP contribution in [0.1, 0.15) is 16.7 Å². The first-order valence-electron chi connectivity index (χ1n) is 6.88. The van der Waals surface area contributed by atoms with Crippen molar-refractivity contribution < 1.29 is 4.39 Å². The summed E-state index contributed by atoms with van der Waals surface area (Å²) in [6.45, 7) is 2.81. The van der Waals surface area contributed by atoms with Gasteiger partial charge < -0.3 is 10.6 Å². The Hall–Kier alpha value is -1.41. The van der Waals surface area contributed by atoms with Gasteiger partial charge in [0.15, 0.2) is 5.96 Å². The Labute approximate surface area is 157 Å². The van der Waals surface area contributed by atoms with Crippen molar-refractivity contribution in [3.05, 3.63) is 64.2 Å². The molecule has 0 unspecified atom stereocenters. The van der Waals surface area contributed by atoms with E-state index in [-0.39, 0.29) is 29.8 Å². The number of rotatable bonds is 4. The first-order valence-corrected chi connectivity index (χ1v) is 7.26. The lowest BCUT2D eigenvalue weighted by molar-refractivity contribution is 0.615. The molecule has 0 aliphatic heterocycles. The van der Waals surface area contributed by atoms with Crippen LogP contribution in [0.2, 0.25) is 5.15 Å². The molecule has 0 saturated heterocycles. The Morgan fingerprint density at radius 2 is 1.83 bits per heavy atom. The molecule has 23 heavy (non-hydrogen) atoms. The number of halogens is 3.